The number of rotatable bonds is 11. The summed E-state index contributed by atoms with van der Waals surface area (Å²) in [5.41, 5.74) is 1.05. The number of benzene rings is 1. The molecular formula is C36H50FN5O7S. The molecule has 1 aromatic carbocycles. The van der Waals surface area contributed by atoms with Crippen LogP contribution < -0.4 is 15.4 Å². The first kappa shape index (κ1) is 37.5. The zero-order chi connectivity index (χ0) is 36.6. The number of thiazole rings is 1. The minimum absolute atomic E-state index is 0.0318. The summed E-state index contributed by atoms with van der Waals surface area (Å²) in [5.74, 6) is -0.955. The second kappa shape index (κ2) is 14.5. The van der Waals surface area contributed by atoms with Gasteiger partial charge in [0.1, 0.15) is 23.4 Å². The van der Waals surface area contributed by atoms with Gasteiger partial charge >= 0.3 is 6.09 Å². The van der Waals surface area contributed by atoms with E-state index >= 15 is 0 Å². The molecule has 0 bridgehead atoms. The van der Waals surface area contributed by atoms with Crippen LogP contribution in [0.1, 0.15) is 78.5 Å². The van der Waals surface area contributed by atoms with Crippen molar-refractivity contribution >= 4 is 35.2 Å². The molecule has 2 aromatic rings. The van der Waals surface area contributed by atoms with E-state index in [2.05, 4.69) is 15.6 Å². The smallest absolute Gasteiger partial charge is 0.410 e. The van der Waals surface area contributed by atoms with Crippen molar-refractivity contribution in [1.82, 2.24) is 25.4 Å². The number of alkyl halides is 1. The van der Waals surface area contributed by atoms with Crippen LogP contribution in [-0.2, 0) is 25.7 Å². The number of carbonyl (C=O) groups excluding carboxylic acids is 4. The third-order valence-electron chi connectivity index (χ3n) is 9.27. The maximum absolute atomic E-state index is 14.5. The van der Waals surface area contributed by atoms with Crippen LogP contribution in [0.2, 0.25) is 0 Å². The molecule has 14 heteroatoms. The summed E-state index contributed by atoms with van der Waals surface area (Å²) in [6, 6.07) is 3.70. The zero-order valence-corrected chi connectivity index (χ0v) is 30.8. The Morgan fingerprint density at radius 2 is 1.82 bits per heavy atom. The highest BCUT2D eigenvalue weighted by molar-refractivity contribution is 7.13. The molecule has 0 radical (unpaired) electrons. The monoisotopic (exact) mass is 715 g/mol. The van der Waals surface area contributed by atoms with Gasteiger partial charge in [0.25, 0.3) is 5.91 Å². The Morgan fingerprint density at radius 3 is 2.42 bits per heavy atom. The van der Waals surface area contributed by atoms with Gasteiger partial charge in [-0.3, -0.25) is 14.4 Å². The Morgan fingerprint density at radius 1 is 1.12 bits per heavy atom. The van der Waals surface area contributed by atoms with E-state index in [-0.39, 0.29) is 44.4 Å². The molecule has 3 aliphatic rings. The topological polar surface area (TPSA) is 150 Å². The fourth-order valence-electron chi connectivity index (χ4n) is 6.14. The summed E-state index contributed by atoms with van der Waals surface area (Å²) in [6.07, 6.45) is -0.270. The Bertz CT molecular complexity index is 1590. The van der Waals surface area contributed by atoms with Gasteiger partial charge in [0, 0.05) is 38.2 Å². The fourth-order valence-corrected chi connectivity index (χ4v) is 6.94. The highest BCUT2D eigenvalue weighted by atomic mass is 32.1. The summed E-state index contributed by atoms with van der Waals surface area (Å²) in [5, 5.41) is 16.0. The number of ether oxygens (including phenoxy) is 2. The summed E-state index contributed by atoms with van der Waals surface area (Å²) < 4.78 is 26.3. The second-order valence-corrected chi connectivity index (χ2v) is 16.7. The quantitative estimate of drug-likeness (QED) is 0.311. The largest absolute Gasteiger partial charge is 0.493 e. The number of halogens is 1. The molecule has 1 aliphatic carbocycles. The SMILES string of the molecule is Cc1ncsc1-c1ccc(CNC(=O)[C@@H]2C[C@@H](O)CN2C(=O)[C@@H](NC(=O)C2(F)CC2)C(C)(C)C)c(OCCC2CN(C(=O)OC(C)(C)C)C2)c1. The minimum atomic E-state index is -1.96. The molecule has 3 atom stereocenters. The highest BCUT2D eigenvalue weighted by Gasteiger charge is 2.53. The summed E-state index contributed by atoms with van der Waals surface area (Å²) in [4.78, 5) is 60.7. The summed E-state index contributed by atoms with van der Waals surface area (Å²) in [6.45, 7) is 14.4. The number of hydrogen-bond acceptors (Lipinski definition) is 9. The Balaban J connectivity index is 1.24. The maximum Gasteiger partial charge on any atom is 0.410 e. The van der Waals surface area contributed by atoms with Gasteiger partial charge in [-0.1, -0.05) is 32.9 Å². The van der Waals surface area contributed by atoms with E-state index in [1.807, 2.05) is 45.9 Å². The van der Waals surface area contributed by atoms with Crippen LogP contribution in [0.3, 0.4) is 0 Å². The van der Waals surface area contributed by atoms with E-state index in [0.29, 0.717) is 25.4 Å². The average molecular weight is 716 g/mol. The van der Waals surface area contributed by atoms with E-state index in [1.54, 1.807) is 31.2 Å². The van der Waals surface area contributed by atoms with Crippen molar-refractivity contribution in [3.05, 3.63) is 35.0 Å². The van der Waals surface area contributed by atoms with E-state index in [1.165, 1.54) is 16.2 Å². The third kappa shape index (κ3) is 8.92. The lowest BCUT2D eigenvalue weighted by molar-refractivity contribution is -0.145. The van der Waals surface area contributed by atoms with Crippen molar-refractivity contribution in [2.24, 2.45) is 11.3 Å². The normalized spacial score (nSPS) is 20.9. The summed E-state index contributed by atoms with van der Waals surface area (Å²) >= 11 is 1.52. The number of aliphatic hydroxyl groups is 1. The second-order valence-electron chi connectivity index (χ2n) is 15.8. The lowest BCUT2D eigenvalue weighted by Crippen LogP contribution is -2.59. The van der Waals surface area contributed by atoms with E-state index in [0.717, 1.165) is 28.1 Å². The molecule has 5 rings (SSSR count). The minimum Gasteiger partial charge on any atom is -0.493 e. The molecule has 0 unspecified atom stereocenters. The molecule has 2 saturated heterocycles. The first-order chi connectivity index (χ1) is 23.3. The van der Waals surface area contributed by atoms with E-state index in [4.69, 9.17) is 9.47 Å². The van der Waals surface area contributed by atoms with Gasteiger partial charge in [-0.15, -0.1) is 11.3 Å². The first-order valence-electron chi connectivity index (χ1n) is 17.2. The van der Waals surface area contributed by atoms with Crippen LogP contribution in [0.25, 0.3) is 10.4 Å². The van der Waals surface area contributed by atoms with Crippen LogP contribution in [0.4, 0.5) is 9.18 Å². The van der Waals surface area contributed by atoms with Gasteiger partial charge in [0.2, 0.25) is 11.8 Å². The number of amides is 4. The predicted molar refractivity (Wildman–Crippen MR) is 186 cm³/mol. The molecule has 12 nitrogen and oxygen atoms in total. The molecule has 1 saturated carbocycles. The number of nitrogens with one attached hydrogen (secondary N) is 2. The number of aromatic nitrogens is 1. The molecule has 2 aliphatic heterocycles. The zero-order valence-electron chi connectivity index (χ0n) is 30.0. The van der Waals surface area contributed by atoms with Gasteiger partial charge < -0.3 is 35.0 Å². The molecule has 3 fully saturated rings. The van der Waals surface area contributed by atoms with Gasteiger partial charge in [-0.25, -0.2) is 14.2 Å². The fraction of sp³-hybridized carbons (Fsp3) is 0.639. The van der Waals surface area contributed by atoms with Crippen molar-refractivity contribution < 1.29 is 38.1 Å². The van der Waals surface area contributed by atoms with E-state index in [9.17, 15) is 28.7 Å². The van der Waals surface area contributed by atoms with Crippen LogP contribution in [0.15, 0.2) is 23.7 Å². The molecule has 0 spiro atoms. The van der Waals surface area contributed by atoms with Gasteiger partial charge in [-0.05, 0) is 69.9 Å². The number of β-amino-alcohol motifs (C(OH)–C–C–N with tert-alkyl or cyclic N) is 1. The molecule has 3 heterocycles. The van der Waals surface area contributed by atoms with Crippen molar-refractivity contribution in [1.29, 1.82) is 0 Å². The highest BCUT2D eigenvalue weighted by Crippen LogP contribution is 2.40. The third-order valence-corrected chi connectivity index (χ3v) is 10.2. The number of nitrogens with zero attached hydrogens (tertiary/aromatic N) is 3. The van der Waals surface area contributed by atoms with Crippen LogP contribution >= 0.6 is 11.3 Å². The number of carbonyl (C=O) groups is 4. The number of aryl methyl sites for hydroxylation is 1. The Kier molecular flexibility index (Phi) is 10.8. The molecule has 274 valence electrons. The van der Waals surface area contributed by atoms with Crippen molar-refractivity contribution in [2.45, 2.75) is 110 Å². The van der Waals surface area contributed by atoms with Gasteiger partial charge in [0.05, 0.1) is 28.8 Å². The van der Waals surface area contributed by atoms with Crippen molar-refractivity contribution in [3.8, 4) is 16.2 Å². The maximum atomic E-state index is 14.5. The van der Waals surface area contributed by atoms with Gasteiger partial charge in [-0.2, -0.15) is 0 Å². The lowest BCUT2D eigenvalue weighted by atomic mass is 9.85. The Hall–Kier alpha value is -3.78. The van der Waals surface area contributed by atoms with Crippen molar-refractivity contribution in [2.75, 3.05) is 26.2 Å². The van der Waals surface area contributed by atoms with Crippen molar-refractivity contribution in [3.63, 3.8) is 0 Å². The first-order valence-corrected chi connectivity index (χ1v) is 18.1. The molecule has 1 aromatic heterocycles. The number of hydrogen-bond donors (Lipinski definition) is 3. The molecule has 50 heavy (non-hydrogen) atoms. The van der Waals surface area contributed by atoms with Crippen LogP contribution in [0.5, 0.6) is 5.75 Å². The van der Waals surface area contributed by atoms with Gasteiger partial charge in [0.15, 0.2) is 5.67 Å². The Labute approximate surface area is 297 Å². The molecular weight excluding hydrogens is 665 g/mol. The van der Waals surface area contributed by atoms with E-state index < -0.39 is 52.6 Å². The summed E-state index contributed by atoms with van der Waals surface area (Å²) in [7, 11) is 0. The van der Waals surface area contributed by atoms with Crippen LogP contribution in [-0.4, -0.2) is 99.4 Å². The lowest BCUT2D eigenvalue weighted by Gasteiger charge is -2.39. The number of likely N-dealkylation sites (tertiary alicyclic amines) is 2. The van der Waals surface area contributed by atoms with Crippen LogP contribution in [0, 0.1) is 18.3 Å². The number of aliphatic hydroxyl groups excluding tert-OH is 1. The standard InChI is InChI=1S/C36H50FN5O7S/c1-21-28(50-20-39-21)23-8-9-24(27(14-23)48-13-10-22-17-41(18-22)33(47)49-35(5,6)7)16-38-30(44)26-15-25(43)19-42(26)31(45)29(34(2,3)4)40-32(46)36(37)11-12-36/h8-9,14,20,22,25-26,29,43H,10-13,15-19H2,1-7H3,(H,38,44)(H,40,46)/t25-,26+,29-/m1/s1. The molecule has 4 amide bonds. The molecule has 3 N–H and O–H groups in total. The average Bonchev–Trinajstić information content (AvgIpc) is 3.41. The predicted octanol–water partition coefficient (Wildman–Crippen LogP) is 4.37.